The van der Waals surface area contributed by atoms with Crippen molar-refractivity contribution in [1.82, 2.24) is 0 Å². The minimum absolute atomic E-state index is 0.826. The van der Waals surface area contributed by atoms with Crippen LogP contribution in [0.25, 0.3) is 0 Å². The third kappa shape index (κ3) is 3.48. The zero-order valence-electron chi connectivity index (χ0n) is 15.1. The van der Waals surface area contributed by atoms with Gasteiger partial charge in [-0.15, -0.1) is 0 Å². The van der Waals surface area contributed by atoms with Crippen molar-refractivity contribution in [2.45, 2.75) is 63.2 Å². The van der Waals surface area contributed by atoms with Crippen LogP contribution in [0.5, 0.6) is 0 Å². The lowest BCUT2D eigenvalue weighted by atomic mass is 10.0. The summed E-state index contributed by atoms with van der Waals surface area (Å²) in [6, 6.07) is 7.94. The van der Waals surface area contributed by atoms with Crippen molar-refractivity contribution < 1.29 is 4.21 Å². The first-order valence-electron chi connectivity index (χ1n) is 8.70. The summed E-state index contributed by atoms with van der Waals surface area (Å²) in [5.41, 5.74) is 18.4. The summed E-state index contributed by atoms with van der Waals surface area (Å²) in [7, 11) is -1.22. The molecule has 24 heavy (non-hydrogen) atoms. The zero-order valence-corrected chi connectivity index (χ0v) is 15.9. The van der Waals surface area contributed by atoms with Gasteiger partial charge in [-0.3, -0.25) is 0 Å². The summed E-state index contributed by atoms with van der Waals surface area (Å²) in [4.78, 5) is 1.65. The van der Waals surface area contributed by atoms with E-state index in [1.165, 1.54) is 0 Å². The lowest BCUT2D eigenvalue weighted by Crippen LogP contribution is -2.05. The number of benzene rings is 2. The Morgan fingerprint density at radius 3 is 1.12 bits per heavy atom. The van der Waals surface area contributed by atoms with Crippen molar-refractivity contribution in [2.75, 3.05) is 11.5 Å². The molecule has 0 spiro atoms. The van der Waals surface area contributed by atoms with Gasteiger partial charge in [-0.1, -0.05) is 27.7 Å². The van der Waals surface area contributed by atoms with Crippen LogP contribution in [0.2, 0.25) is 0 Å². The zero-order chi connectivity index (χ0) is 17.9. The molecule has 0 saturated heterocycles. The Balaban J connectivity index is 2.57. The third-order valence-corrected chi connectivity index (χ3v) is 5.93. The molecular formula is C20H28N2OS. The molecule has 130 valence electrons. The molecule has 0 aromatic heterocycles. The second-order valence-corrected chi connectivity index (χ2v) is 7.47. The molecule has 4 N–H and O–H groups in total. The highest BCUT2D eigenvalue weighted by Crippen LogP contribution is 2.29. The first-order chi connectivity index (χ1) is 11.5. The molecule has 3 nitrogen and oxygen atoms in total. The van der Waals surface area contributed by atoms with Gasteiger partial charge in [-0.25, -0.2) is 4.21 Å². The summed E-state index contributed by atoms with van der Waals surface area (Å²) in [5, 5.41) is 0. The molecule has 4 heteroatoms. The van der Waals surface area contributed by atoms with E-state index in [4.69, 9.17) is 11.5 Å². The standard InChI is InChI=1S/C20H28N2OS/c1-5-13-9-17(10-14(6-2)19(13)21)24(23)18-11-15(7-3)20(22)16(8-4)12-18/h9-12H,5-8,21-22H2,1-4H3. The smallest absolute Gasteiger partial charge is 0.0850 e. The molecular weight excluding hydrogens is 316 g/mol. The lowest BCUT2D eigenvalue weighted by molar-refractivity contribution is 0.682. The van der Waals surface area contributed by atoms with E-state index in [0.717, 1.165) is 69.1 Å². The van der Waals surface area contributed by atoms with Gasteiger partial charge in [0.1, 0.15) is 0 Å². The van der Waals surface area contributed by atoms with Crippen molar-refractivity contribution >= 4 is 22.2 Å². The van der Waals surface area contributed by atoms with Crippen LogP contribution in [0.1, 0.15) is 49.9 Å². The van der Waals surface area contributed by atoms with Crippen molar-refractivity contribution in [2.24, 2.45) is 0 Å². The van der Waals surface area contributed by atoms with Crippen molar-refractivity contribution in [3.63, 3.8) is 0 Å². The highest BCUT2D eigenvalue weighted by molar-refractivity contribution is 7.85. The van der Waals surface area contributed by atoms with E-state index in [1.807, 2.05) is 24.3 Å². The molecule has 0 bridgehead atoms. The Kier molecular flexibility index (Phi) is 6.05. The third-order valence-electron chi connectivity index (χ3n) is 4.60. The maximum Gasteiger partial charge on any atom is 0.0850 e. The molecule has 0 saturated carbocycles. The highest BCUT2D eigenvalue weighted by atomic mass is 32.2. The maximum absolute atomic E-state index is 13.2. The van der Waals surface area contributed by atoms with Crippen LogP contribution in [0, 0.1) is 0 Å². The molecule has 0 aliphatic rings. The Hall–Kier alpha value is -1.81. The second-order valence-electron chi connectivity index (χ2n) is 5.99. The highest BCUT2D eigenvalue weighted by Gasteiger charge is 2.15. The van der Waals surface area contributed by atoms with Crippen molar-refractivity contribution in [3.8, 4) is 0 Å². The largest absolute Gasteiger partial charge is 0.398 e. The number of hydrogen-bond acceptors (Lipinski definition) is 3. The fourth-order valence-corrected chi connectivity index (χ4v) is 4.28. The predicted octanol–water partition coefficient (Wildman–Crippen LogP) is 4.27. The number of hydrogen-bond donors (Lipinski definition) is 2. The molecule has 0 atom stereocenters. The van der Waals surface area contributed by atoms with E-state index < -0.39 is 10.8 Å². The molecule has 0 heterocycles. The molecule has 0 aliphatic heterocycles. The number of nitrogens with two attached hydrogens (primary N) is 2. The Morgan fingerprint density at radius 1 is 0.667 bits per heavy atom. The summed E-state index contributed by atoms with van der Waals surface area (Å²) in [5.74, 6) is 0. The molecule has 0 unspecified atom stereocenters. The van der Waals surface area contributed by atoms with Gasteiger partial charge >= 0.3 is 0 Å². The van der Waals surface area contributed by atoms with E-state index in [0.29, 0.717) is 0 Å². The average molecular weight is 345 g/mol. The first kappa shape index (κ1) is 18.5. The Bertz CT molecular complexity index is 655. The number of aryl methyl sites for hydroxylation is 4. The number of rotatable bonds is 6. The normalized spacial score (nSPS) is 11.2. The summed E-state index contributed by atoms with van der Waals surface area (Å²) >= 11 is 0. The molecule has 0 fully saturated rings. The van der Waals surface area contributed by atoms with Gasteiger partial charge in [0.05, 0.1) is 10.8 Å². The minimum atomic E-state index is -1.22. The summed E-state index contributed by atoms with van der Waals surface area (Å²) in [6.07, 6.45) is 3.36. The SMILES string of the molecule is CCc1cc(S(=O)c2cc(CC)c(N)c(CC)c2)cc(CC)c1N. The molecule has 2 aromatic carbocycles. The molecule has 2 rings (SSSR count). The van der Waals surface area contributed by atoms with Gasteiger partial charge in [0, 0.05) is 21.2 Å². The Labute approximate surface area is 147 Å². The summed E-state index contributed by atoms with van der Waals surface area (Å²) in [6.45, 7) is 8.30. The first-order valence-corrected chi connectivity index (χ1v) is 9.85. The summed E-state index contributed by atoms with van der Waals surface area (Å²) < 4.78 is 13.2. The lowest BCUT2D eigenvalue weighted by Gasteiger charge is -2.15. The quantitative estimate of drug-likeness (QED) is 0.769. The van der Waals surface area contributed by atoms with Crippen LogP contribution in [0.4, 0.5) is 11.4 Å². The Morgan fingerprint density at radius 2 is 0.917 bits per heavy atom. The maximum atomic E-state index is 13.2. The fourth-order valence-electron chi connectivity index (χ4n) is 3.01. The number of anilines is 2. The van der Waals surface area contributed by atoms with Crippen molar-refractivity contribution in [1.29, 1.82) is 0 Å². The van der Waals surface area contributed by atoms with Crippen LogP contribution >= 0.6 is 0 Å². The van der Waals surface area contributed by atoms with E-state index in [2.05, 4.69) is 27.7 Å². The van der Waals surface area contributed by atoms with Crippen LogP contribution in [0.3, 0.4) is 0 Å². The van der Waals surface area contributed by atoms with Gasteiger partial charge in [-0.05, 0) is 72.2 Å². The molecule has 0 radical (unpaired) electrons. The van der Waals surface area contributed by atoms with E-state index in [9.17, 15) is 4.21 Å². The molecule has 0 aliphatic carbocycles. The van der Waals surface area contributed by atoms with Gasteiger partial charge < -0.3 is 11.5 Å². The van der Waals surface area contributed by atoms with E-state index in [-0.39, 0.29) is 0 Å². The monoisotopic (exact) mass is 344 g/mol. The minimum Gasteiger partial charge on any atom is -0.398 e. The number of nitrogen functional groups attached to an aromatic ring is 2. The van der Waals surface area contributed by atoms with E-state index >= 15 is 0 Å². The van der Waals surface area contributed by atoms with Gasteiger partial charge in [0.15, 0.2) is 0 Å². The average Bonchev–Trinajstić information content (AvgIpc) is 2.61. The predicted molar refractivity (Wildman–Crippen MR) is 104 cm³/mol. The van der Waals surface area contributed by atoms with Gasteiger partial charge in [-0.2, -0.15) is 0 Å². The topological polar surface area (TPSA) is 69.1 Å². The fraction of sp³-hybridized carbons (Fsp3) is 0.400. The van der Waals surface area contributed by atoms with Gasteiger partial charge in [0.25, 0.3) is 0 Å². The second kappa shape index (κ2) is 7.84. The molecule has 2 aromatic rings. The van der Waals surface area contributed by atoms with Crippen LogP contribution in [0.15, 0.2) is 34.1 Å². The van der Waals surface area contributed by atoms with E-state index in [1.54, 1.807) is 0 Å². The van der Waals surface area contributed by atoms with Crippen LogP contribution in [-0.2, 0) is 36.5 Å². The van der Waals surface area contributed by atoms with Crippen LogP contribution < -0.4 is 11.5 Å². The molecule has 0 amide bonds. The van der Waals surface area contributed by atoms with Crippen molar-refractivity contribution in [3.05, 3.63) is 46.5 Å². The van der Waals surface area contributed by atoms with Gasteiger partial charge in [0.2, 0.25) is 0 Å². The van der Waals surface area contributed by atoms with Crippen LogP contribution in [-0.4, -0.2) is 4.21 Å².